The number of likely N-dealkylation sites (N-methyl/N-ethyl adjacent to an activating group) is 1. The van der Waals surface area contributed by atoms with Crippen molar-refractivity contribution >= 4 is 0 Å². The van der Waals surface area contributed by atoms with Crippen LogP contribution in [0.15, 0.2) is 0 Å². The van der Waals surface area contributed by atoms with Crippen molar-refractivity contribution in [3.63, 3.8) is 0 Å². The van der Waals surface area contributed by atoms with E-state index in [4.69, 9.17) is 0 Å². The van der Waals surface area contributed by atoms with Crippen molar-refractivity contribution < 1.29 is 0 Å². The first-order chi connectivity index (χ1) is 8.81. The second-order valence-electron chi connectivity index (χ2n) is 6.53. The van der Waals surface area contributed by atoms with Crippen molar-refractivity contribution in [1.82, 2.24) is 10.2 Å². The molecule has 1 aliphatic heterocycles. The number of likely N-dealkylation sites (tertiary alicyclic amines) is 1. The Bertz CT molecular complexity index is 229. The van der Waals surface area contributed by atoms with E-state index in [-0.39, 0.29) is 0 Å². The fraction of sp³-hybridized carbons (Fsp3) is 1.00. The summed E-state index contributed by atoms with van der Waals surface area (Å²) in [7, 11) is 2.17. The highest BCUT2D eigenvalue weighted by atomic mass is 15.2. The van der Waals surface area contributed by atoms with E-state index in [2.05, 4.69) is 24.2 Å². The third-order valence-electron chi connectivity index (χ3n) is 5.12. The lowest BCUT2D eigenvalue weighted by Gasteiger charge is -2.38. The normalized spacial score (nSPS) is 36.7. The number of hydrogen-bond acceptors (Lipinski definition) is 2. The van der Waals surface area contributed by atoms with E-state index in [0.29, 0.717) is 0 Å². The van der Waals surface area contributed by atoms with Crippen LogP contribution in [0.4, 0.5) is 0 Å². The zero-order valence-electron chi connectivity index (χ0n) is 12.5. The fourth-order valence-corrected chi connectivity index (χ4v) is 3.86. The van der Waals surface area contributed by atoms with Gasteiger partial charge in [0.15, 0.2) is 0 Å². The highest BCUT2D eigenvalue weighted by Gasteiger charge is 2.28. The largest absolute Gasteiger partial charge is 0.315 e. The lowest BCUT2D eigenvalue weighted by molar-refractivity contribution is 0.139. The van der Waals surface area contributed by atoms with Crippen molar-refractivity contribution in [3.05, 3.63) is 0 Å². The summed E-state index contributed by atoms with van der Waals surface area (Å²) in [5.41, 5.74) is 0. The molecule has 18 heavy (non-hydrogen) atoms. The molecule has 0 aromatic carbocycles. The van der Waals surface area contributed by atoms with Crippen LogP contribution in [0.3, 0.4) is 0 Å². The molecule has 0 aromatic rings. The van der Waals surface area contributed by atoms with E-state index in [1.54, 1.807) is 0 Å². The summed E-state index contributed by atoms with van der Waals surface area (Å²) in [5.74, 6) is 0.941. The van der Waals surface area contributed by atoms with Gasteiger partial charge in [-0.1, -0.05) is 32.6 Å². The van der Waals surface area contributed by atoms with Gasteiger partial charge < -0.3 is 5.32 Å². The van der Waals surface area contributed by atoms with E-state index >= 15 is 0 Å². The molecule has 3 atom stereocenters. The summed E-state index contributed by atoms with van der Waals surface area (Å²) < 4.78 is 0. The molecule has 1 saturated heterocycles. The summed E-state index contributed by atoms with van der Waals surface area (Å²) in [4.78, 5) is 2.82. The number of nitrogens with zero attached hydrogens (tertiary/aromatic N) is 1. The van der Waals surface area contributed by atoms with Crippen molar-refractivity contribution in [2.45, 2.75) is 76.8 Å². The average molecular weight is 252 g/mol. The first-order valence-corrected chi connectivity index (χ1v) is 8.22. The van der Waals surface area contributed by atoms with Gasteiger partial charge in [-0.3, -0.25) is 4.90 Å². The molecule has 2 heteroatoms. The molecular weight excluding hydrogens is 220 g/mol. The quantitative estimate of drug-likeness (QED) is 0.810. The molecule has 2 fully saturated rings. The van der Waals surface area contributed by atoms with Gasteiger partial charge in [-0.25, -0.2) is 0 Å². The zero-order valence-corrected chi connectivity index (χ0v) is 12.5. The Labute approximate surface area is 114 Å². The second kappa shape index (κ2) is 7.49. The molecule has 1 N–H and O–H groups in total. The zero-order chi connectivity index (χ0) is 12.8. The monoisotopic (exact) mass is 252 g/mol. The summed E-state index contributed by atoms with van der Waals surface area (Å²) in [6.07, 6.45) is 12.8. The standard InChI is InChI=1S/C16H32N2/c1-14-8-7-12-18(13-11-14)16-10-6-4-3-5-9-15(16)17-2/h14-17H,3-13H2,1-2H3. The van der Waals surface area contributed by atoms with Crippen molar-refractivity contribution in [3.8, 4) is 0 Å². The van der Waals surface area contributed by atoms with E-state index in [1.807, 2.05) is 0 Å². The number of nitrogens with one attached hydrogen (secondary N) is 1. The smallest absolute Gasteiger partial charge is 0.0249 e. The van der Waals surface area contributed by atoms with E-state index in [9.17, 15) is 0 Å². The van der Waals surface area contributed by atoms with Crippen LogP contribution in [0.2, 0.25) is 0 Å². The van der Waals surface area contributed by atoms with Gasteiger partial charge in [0.2, 0.25) is 0 Å². The first-order valence-electron chi connectivity index (χ1n) is 8.22. The summed E-state index contributed by atoms with van der Waals surface area (Å²) in [6, 6.07) is 1.54. The Balaban J connectivity index is 1.96. The Morgan fingerprint density at radius 1 is 0.833 bits per heavy atom. The van der Waals surface area contributed by atoms with Crippen LogP contribution in [-0.4, -0.2) is 37.1 Å². The predicted molar refractivity (Wildman–Crippen MR) is 78.9 cm³/mol. The van der Waals surface area contributed by atoms with E-state index in [1.165, 1.54) is 70.9 Å². The van der Waals surface area contributed by atoms with Crippen molar-refractivity contribution in [1.29, 1.82) is 0 Å². The number of hydrogen-bond donors (Lipinski definition) is 1. The number of rotatable bonds is 2. The van der Waals surface area contributed by atoms with E-state index < -0.39 is 0 Å². The van der Waals surface area contributed by atoms with Gasteiger partial charge in [0.1, 0.15) is 0 Å². The molecule has 1 heterocycles. The molecule has 0 radical (unpaired) electrons. The van der Waals surface area contributed by atoms with Crippen molar-refractivity contribution in [2.75, 3.05) is 20.1 Å². The van der Waals surface area contributed by atoms with Crippen LogP contribution in [0.5, 0.6) is 0 Å². The van der Waals surface area contributed by atoms with Crippen molar-refractivity contribution in [2.24, 2.45) is 5.92 Å². The van der Waals surface area contributed by atoms with Gasteiger partial charge >= 0.3 is 0 Å². The summed E-state index contributed by atoms with van der Waals surface area (Å²) >= 11 is 0. The van der Waals surface area contributed by atoms with Crippen LogP contribution < -0.4 is 5.32 Å². The topological polar surface area (TPSA) is 15.3 Å². The van der Waals surface area contributed by atoms with Crippen LogP contribution in [0, 0.1) is 5.92 Å². The molecule has 2 rings (SSSR count). The van der Waals surface area contributed by atoms with Gasteiger partial charge in [-0.15, -0.1) is 0 Å². The maximum atomic E-state index is 3.61. The SMILES string of the molecule is CNC1CCCCCCC1N1CCCC(C)CC1. The highest BCUT2D eigenvalue weighted by molar-refractivity contribution is 4.86. The van der Waals surface area contributed by atoms with Gasteiger partial charge in [0, 0.05) is 12.1 Å². The average Bonchev–Trinajstić information content (AvgIpc) is 2.54. The van der Waals surface area contributed by atoms with Crippen LogP contribution in [-0.2, 0) is 0 Å². The Morgan fingerprint density at radius 3 is 2.39 bits per heavy atom. The Kier molecular flexibility index (Phi) is 5.97. The second-order valence-corrected chi connectivity index (χ2v) is 6.53. The van der Waals surface area contributed by atoms with Crippen LogP contribution >= 0.6 is 0 Å². The molecule has 0 bridgehead atoms. The highest BCUT2D eigenvalue weighted by Crippen LogP contribution is 2.25. The van der Waals surface area contributed by atoms with Gasteiger partial charge in [-0.05, 0) is 58.2 Å². The fourth-order valence-electron chi connectivity index (χ4n) is 3.86. The minimum absolute atomic E-state index is 0.735. The molecule has 1 saturated carbocycles. The molecule has 0 spiro atoms. The summed E-state index contributed by atoms with van der Waals surface area (Å²) in [6.45, 7) is 5.11. The third-order valence-corrected chi connectivity index (χ3v) is 5.12. The summed E-state index contributed by atoms with van der Waals surface area (Å²) in [5, 5.41) is 3.61. The molecule has 1 aliphatic carbocycles. The minimum Gasteiger partial charge on any atom is -0.315 e. The third kappa shape index (κ3) is 3.96. The van der Waals surface area contributed by atoms with Crippen LogP contribution in [0.1, 0.15) is 64.7 Å². The predicted octanol–water partition coefficient (Wildman–Crippen LogP) is 3.42. The lowest BCUT2D eigenvalue weighted by Crippen LogP contribution is -2.50. The molecule has 2 aliphatic rings. The Morgan fingerprint density at radius 2 is 1.61 bits per heavy atom. The molecule has 0 amide bonds. The van der Waals surface area contributed by atoms with E-state index in [0.717, 1.165) is 18.0 Å². The van der Waals surface area contributed by atoms with Crippen LogP contribution in [0.25, 0.3) is 0 Å². The minimum atomic E-state index is 0.735. The van der Waals surface area contributed by atoms with Gasteiger partial charge in [-0.2, -0.15) is 0 Å². The molecule has 2 nitrogen and oxygen atoms in total. The molecule has 0 aromatic heterocycles. The first kappa shape index (κ1) is 14.3. The molecular formula is C16H32N2. The maximum absolute atomic E-state index is 3.61. The maximum Gasteiger partial charge on any atom is 0.0249 e. The lowest BCUT2D eigenvalue weighted by atomic mass is 9.91. The van der Waals surface area contributed by atoms with Gasteiger partial charge in [0.25, 0.3) is 0 Å². The molecule has 106 valence electrons. The Hall–Kier alpha value is -0.0800. The van der Waals surface area contributed by atoms with Gasteiger partial charge in [0.05, 0.1) is 0 Å². The molecule has 3 unspecified atom stereocenters.